The highest BCUT2D eigenvalue weighted by Gasteiger charge is 2.25. The monoisotopic (exact) mass is 461 g/mol. The second-order valence-corrected chi connectivity index (χ2v) is 8.59. The molecule has 0 saturated carbocycles. The van der Waals surface area contributed by atoms with Crippen molar-refractivity contribution in [2.75, 3.05) is 40.4 Å². The van der Waals surface area contributed by atoms with Crippen LogP contribution < -0.4 is 15.0 Å². The summed E-state index contributed by atoms with van der Waals surface area (Å²) >= 11 is 0. The van der Waals surface area contributed by atoms with Crippen molar-refractivity contribution < 1.29 is 14.3 Å². The summed E-state index contributed by atoms with van der Waals surface area (Å²) in [6.07, 6.45) is 1.74. The number of aryl methyl sites for hydroxylation is 1. The van der Waals surface area contributed by atoms with Crippen LogP contribution in [-0.4, -0.2) is 60.7 Å². The van der Waals surface area contributed by atoms with E-state index < -0.39 is 0 Å². The molecule has 0 unspecified atom stereocenters. The Hall–Kier alpha value is -3.58. The minimum atomic E-state index is -0.252. The molecule has 1 aliphatic rings. The molecule has 4 rings (SSSR count). The number of methoxy groups -OCH3 is 2. The van der Waals surface area contributed by atoms with E-state index in [0.29, 0.717) is 26.2 Å². The molecular weight excluding hydrogens is 430 g/mol. The fraction of sp³-hybridized carbons (Fsp3) is 0.333. The number of benzene rings is 2. The second kappa shape index (κ2) is 10.6. The predicted octanol–water partition coefficient (Wildman–Crippen LogP) is 3.18. The third kappa shape index (κ3) is 5.31. The first-order chi connectivity index (χ1) is 16.5. The highest BCUT2D eigenvalue weighted by Crippen LogP contribution is 2.25. The SMILES string of the molecule is COc1ccc(OC)c(CN2CCN(C(=O)c3cccn(Cc4cccc(C)c4)c3=O)CC2)c1. The van der Waals surface area contributed by atoms with Gasteiger partial charge in [-0.1, -0.05) is 29.8 Å². The van der Waals surface area contributed by atoms with Gasteiger partial charge in [0.15, 0.2) is 0 Å². The zero-order chi connectivity index (χ0) is 24.1. The van der Waals surface area contributed by atoms with E-state index in [1.165, 1.54) is 0 Å². The van der Waals surface area contributed by atoms with Gasteiger partial charge in [-0.25, -0.2) is 0 Å². The highest BCUT2D eigenvalue weighted by molar-refractivity contribution is 5.93. The average molecular weight is 462 g/mol. The molecule has 0 spiro atoms. The smallest absolute Gasteiger partial charge is 0.263 e. The van der Waals surface area contributed by atoms with Gasteiger partial charge in [0.05, 0.1) is 20.8 Å². The van der Waals surface area contributed by atoms with Crippen LogP contribution in [0.1, 0.15) is 27.0 Å². The molecule has 3 aromatic rings. The molecule has 7 nitrogen and oxygen atoms in total. The van der Waals surface area contributed by atoms with Crippen LogP contribution in [0.3, 0.4) is 0 Å². The quantitative estimate of drug-likeness (QED) is 0.541. The van der Waals surface area contributed by atoms with Crippen LogP contribution >= 0.6 is 0 Å². The van der Waals surface area contributed by atoms with Gasteiger partial charge in [0.2, 0.25) is 0 Å². The molecule has 178 valence electrons. The first-order valence-electron chi connectivity index (χ1n) is 11.5. The molecule has 1 saturated heterocycles. The van der Waals surface area contributed by atoms with E-state index in [0.717, 1.165) is 41.3 Å². The lowest BCUT2D eigenvalue weighted by Crippen LogP contribution is -2.49. The average Bonchev–Trinajstić information content (AvgIpc) is 2.85. The Kier molecular flexibility index (Phi) is 7.33. The summed E-state index contributed by atoms with van der Waals surface area (Å²) in [4.78, 5) is 30.3. The van der Waals surface area contributed by atoms with E-state index in [1.807, 2.05) is 43.3 Å². The first kappa shape index (κ1) is 23.6. The molecule has 1 aromatic heterocycles. The number of hydrogen-bond acceptors (Lipinski definition) is 5. The predicted molar refractivity (Wildman–Crippen MR) is 132 cm³/mol. The van der Waals surface area contributed by atoms with E-state index in [2.05, 4.69) is 11.0 Å². The second-order valence-electron chi connectivity index (χ2n) is 8.59. The number of pyridine rings is 1. The topological polar surface area (TPSA) is 64.0 Å². The lowest BCUT2D eigenvalue weighted by Gasteiger charge is -2.35. The minimum Gasteiger partial charge on any atom is -0.497 e. The summed E-state index contributed by atoms with van der Waals surface area (Å²) in [5, 5.41) is 0. The molecule has 0 bridgehead atoms. The molecule has 0 aliphatic carbocycles. The molecule has 2 aromatic carbocycles. The molecule has 1 amide bonds. The number of ether oxygens (including phenoxy) is 2. The van der Waals surface area contributed by atoms with Crippen molar-refractivity contribution in [2.45, 2.75) is 20.0 Å². The van der Waals surface area contributed by atoms with E-state index in [4.69, 9.17) is 9.47 Å². The zero-order valence-electron chi connectivity index (χ0n) is 20.0. The van der Waals surface area contributed by atoms with Crippen molar-refractivity contribution in [3.8, 4) is 11.5 Å². The molecule has 34 heavy (non-hydrogen) atoms. The number of rotatable bonds is 7. The number of nitrogens with zero attached hydrogens (tertiary/aromatic N) is 3. The lowest BCUT2D eigenvalue weighted by atomic mass is 10.1. The standard InChI is InChI=1S/C27H31N3O4/c1-20-6-4-7-21(16-20)18-30-11-5-8-24(27(30)32)26(31)29-14-12-28(13-15-29)19-22-17-23(33-2)9-10-25(22)34-3/h4-11,16-17H,12-15,18-19H2,1-3H3. The highest BCUT2D eigenvalue weighted by atomic mass is 16.5. The number of hydrogen-bond donors (Lipinski definition) is 0. The molecule has 0 atom stereocenters. The molecule has 1 fully saturated rings. The van der Waals surface area contributed by atoms with Crippen molar-refractivity contribution in [1.82, 2.24) is 14.4 Å². The summed E-state index contributed by atoms with van der Waals surface area (Å²) in [6, 6.07) is 17.2. The molecular formula is C27H31N3O4. The van der Waals surface area contributed by atoms with E-state index >= 15 is 0 Å². The van der Waals surface area contributed by atoms with E-state index in [9.17, 15) is 9.59 Å². The van der Waals surface area contributed by atoms with Crippen LogP contribution in [0.15, 0.2) is 65.6 Å². The van der Waals surface area contributed by atoms with Crippen LogP contribution in [-0.2, 0) is 13.1 Å². The van der Waals surface area contributed by atoms with Crippen molar-refractivity contribution in [1.29, 1.82) is 0 Å². The summed E-state index contributed by atoms with van der Waals surface area (Å²) in [5.41, 5.74) is 3.19. The number of carbonyl (C=O) groups excluding carboxylic acids is 1. The summed E-state index contributed by atoms with van der Waals surface area (Å²) in [7, 11) is 3.31. The Morgan fingerprint density at radius 1 is 0.912 bits per heavy atom. The fourth-order valence-electron chi connectivity index (χ4n) is 4.36. The van der Waals surface area contributed by atoms with Crippen molar-refractivity contribution in [2.24, 2.45) is 0 Å². The number of piperazine rings is 1. The number of aromatic nitrogens is 1. The molecule has 1 aliphatic heterocycles. The van der Waals surface area contributed by atoms with Crippen LogP contribution in [0, 0.1) is 6.92 Å². The Bertz CT molecular complexity index is 1210. The third-order valence-corrected chi connectivity index (χ3v) is 6.23. The Labute approximate surface area is 200 Å². The van der Waals surface area contributed by atoms with Gasteiger partial charge in [-0.2, -0.15) is 0 Å². The van der Waals surface area contributed by atoms with Gasteiger partial charge >= 0.3 is 0 Å². The number of amides is 1. The third-order valence-electron chi connectivity index (χ3n) is 6.23. The normalized spacial score (nSPS) is 14.1. The van der Waals surface area contributed by atoms with Gasteiger partial charge in [0, 0.05) is 44.5 Å². The van der Waals surface area contributed by atoms with Crippen LogP contribution in [0.4, 0.5) is 0 Å². The van der Waals surface area contributed by atoms with Gasteiger partial charge in [0.25, 0.3) is 11.5 Å². The van der Waals surface area contributed by atoms with Crippen LogP contribution in [0.2, 0.25) is 0 Å². The van der Waals surface area contributed by atoms with Crippen LogP contribution in [0.25, 0.3) is 0 Å². The summed E-state index contributed by atoms with van der Waals surface area (Å²) in [5.74, 6) is 1.40. The zero-order valence-corrected chi connectivity index (χ0v) is 20.0. The van der Waals surface area contributed by atoms with Gasteiger partial charge in [0.1, 0.15) is 17.1 Å². The maximum absolute atomic E-state index is 13.2. The fourth-order valence-corrected chi connectivity index (χ4v) is 4.36. The van der Waals surface area contributed by atoms with Gasteiger partial charge in [-0.3, -0.25) is 14.5 Å². The Morgan fingerprint density at radius 2 is 1.71 bits per heavy atom. The van der Waals surface area contributed by atoms with Crippen molar-refractivity contribution in [3.05, 3.63) is 93.4 Å². The molecule has 0 radical (unpaired) electrons. The van der Waals surface area contributed by atoms with E-state index in [1.54, 1.807) is 42.0 Å². The van der Waals surface area contributed by atoms with E-state index in [-0.39, 0.29) is 17.0 Å². The largest absolute Gasteiger partial charge is 0.497 e. The maximum atomic E-state index is 13.2. The van der Waals surface area contributed by atoms with Gasteiger partial charge in [-0.15, -0.1) is 0 Å². The maximum Gasteiger partial charge on any atom is 0.263 e. The first-order valence-corrected chi connectivity index (χ1v) is 11.5. The summed E-state index contributed by atoms with van der Waals surface area (Å²) in [6.45, 7) is 5.74. The Balaban J connectivity index is 1.42. The van der Waals surface area contributed by atoms with Gasteiger partial charge < -0.3 is 18.9 Å². The minimum absolute atomic E-state index is 0.206. The number of carbonyl (C=O) groups is 1. The molecule has 2 heterocycles. The molecule has 0 N–H and O–H groups in total. The summed E-state index contributed by atoms with van der Waals surface area (Å²) < 4.78 is 12.4. The Morgan fingerprint density at radius 3 is 2.41 bits per heavy atom. The van der Waals surface area contributed by atoms with Crippen molar-refractivity contribution >= 4 is 5.91 Å². The lowest BCUT2D eigenvalue weighted by molar-refractivity contribution is 0.0625. The van der Waals surface area contributed by atoms with Gasteiger partial charge in [-0.05, 0) is 42.8 Å². The molecule has 7 heteroatoms. The van der Waals surface area contributed by atoms with Crippen LogP contribution in [0.5, 0.6) is 11.5 Å². The van der Waals surface area contributed by atoms with Crippen molar-refractivity contribution in [3.63, 3.8) is 0 Å².